The first-order chi connectivity index (χ1) is 11.7. The van der Waals surface area contributed by atoms with E-state index in [0.717, 1.165) is 37.4 Å². The first kappa shape index (κ1) is 16.6. The van der Waals surface area contributed by atoms with Crippen LogP contribution in [0, 0.1) is 5.82 Å². The highest BCUT2D eigenvalue weighted by atomic mass is 19.1. The Kier molecular flexibility index (Phi) is 5.59. The highest BCUT2D eigenvalue weighted by molar-refractivity contribution is 5.78. The lowest BCUT2D eigenvalue weighted by Gasteiger charge is -2.29. The van der Waals surface area contributed by atoms with Crippen LogP contribution in [0.3, 0.4) is 0 Å². The summed E-state index contributed by atoms with van der Waals surface area (Å²) in [6.07, 6.45) is 5.91. The van der Waals surface area contributed by atoms with Gasteiger partial charge in [0.1, 0.15) is 12.1 Å². The SMILES string of the molecule is O=C(CN1CCC(c2ncco2)CC1)NCCc1ccc(F)cc1. The number of nitrogens with zero attached hydrogens (tertiary/aromatic N) is 2. The minimum absolute atomic E-state index is 0.0340. The van der Waals surface area contributed by atoms with Crippen molar-refractivity contribution in [1.82, 2.24) is 15.2 Å². The molecule has 24 heavy (non-hydrogen) atoms. The van der Waals surface area contributed by atoms with Crippen molar-refractivity contribution in [3.05, 3.63) is 54.0 Å². The van der Waals surface area contributed by atoms with Crippen LogP contribution in [-0.4, -0.2) is 42.0 Å². The fraction of sp³-hybridized carbons (Fsp3) is 0.444. The normalized spacial score (nSPS) is 16.2. The van der Waals surface area contributed by atoms with E-state index in [-0.39, 0.29) is 11.7 Å². The summed E-state index contributed by atoms with van der Waals surface area (Å²) in [7, 11) is 0. The number of piperidine rings is 1. The van der Waals surface area contributed by atoms with Crippen molar-refractivity contribution in [1.29, 1.82) is 0 Å². The van der Waals surface area contributed by atoms with Gasteiger partial charge in [-0.05, 0) is 50.0 Å². The van der Waals surface area contributed by atoms with E-state index >= 15 is 0 Å². The van der Waals surface area contributed by atoms with Crippen LogP contribution in [0.25, 0.3) is 0 Å². The molecule has 0 saturated carbocycles. The Labute approximate surface area is 140 Å². The third-order valence-corrected chi connectivity index (χ3v) is 4.40. The second-order valence-electron chi connectivity index (χ2n) is 6.15. The maximum Gasteiger partial charge on any atom is 0.234 e. The lowest BCUT2D eigenvalue weighted by Crippen LogP contribution is -2.41. The van der Waals surface area contributed by atoms with Gasteiger partial charge >= 0.3 is 0 Å². The van der Waals surface area contributed by atoms with Gasteiger partial charge in [-0.25, -0.2) is 9.37 Å². The third-order valence-electron chi connectivity index (χ3n) is 4.40. The Morgan fingerprint density at radius 1 is 1.29 bits per heavy atom. The molecule has 2 heterocycles. The Morgan fingerprint density at radius 2 is 2.04 bits per heavy atom. The van der Waals surface area contributed by atoms with Crippen LogP contribution in [-0.2, 0) is 11.2 Å². The lowest BCUT2D eigenvalue weighted by molar-refractivity contribution is -0.122. The lowest BCUT2D eigenvalue weighted by atomic mass is 9.97. The topological polar surface area (TPSA) is 58.4 Å². The molecule has 1 aliphatic heterocycles. The predicted molar refractivity (Wildman–Crippen MR) is 88.0 cm³/mol. The number of likely N-dealkylation sites (tertiary alicyclic amines) is 1. The average Bonchev–Trinajstić information content (AvgIpc) is 3.12. The molecule has 0 radical (unpaired) electrons. The molecular formula is C18H22FN3O2. The zero-order valence-electron chi connectivity index (χ0n) is 13.6. The van der Waals surface area contributed by atoms with Crippen molar-refractivity contribution in [2.45, 2.75) is 25.2 Å². The quantitative estimate of drug-likeness (QED) is 0.883. The molecule has 0 spiro atoms. The van der Waals surface area contributed by atoms with Crippen LogP contribution in [0.2, 0.25) is 0 Å². The van der Waals surface area contributed by atoms with Crippen LogP contribution in [0.4, 0.5) is 4.39 Å². The molecule has 128 valence electrons. The number of amides is 1. The fourth-order valence-electron chi connectivity index (χ4n) is 3.03. The molecule has 1 aliphatic rings. The highest BCUT2D eigenvalue weighted by Gasteiger charge is 2.24. The second kappa shape index (κ2) is 8.06. The predicted octanol–water partition coefficient (Wildman–Crippen LogP) is 2.35. The average molecular weight is 331 g/mol. The number of oxazole rings is 1. The van der Waals surface area contributed by atoms with Gasteiger partial charge in [0.15, 0.2) is 5.89 Å². The Morgan fingerprint density at radius 3 is 2.71 bits per heavy atom. The molecule has 5 nitrogen and oxygen atoms in total. The van der Waals surface area contributed by atoms with Gasteiger partial charge in [0.05, 0.1) is 12.7 Å². The second-order valence-corrected chi connectivity index (χ2v) is 6.15. The molecule has 0 unspecified atom stereocenters. The van der Waals surface area contributed by atoms with Crippen LogP contribution >= 0.6 is 0 Å². The van der Waals surface area contributed by atoms with E-state index in [1.54, 1.807) is 24.6 Å². The summed E-state index contributed by atoms with van der Waals surface area (Å²) < 4.78 is 18.2. The number of carbonyl (C=O) groups excluding carboxylic acids is 1. The number of hydrogen-bond acceptors (Lipinski definition) is 4. The molecule has 0 aliphatic carbocycles. The minimum Gasteiger partial charge on any atom is -0.449 e. The molecule has 2 aromatic rings. The van der Waals surface area contributed by atoms with E-state index in [0.29, 0.717) is 25.4 Å². The van der Waals surface area contributed by atoms with Crippen molar-refractivity contribution >= 4 is 5.91 Å². The fourth-order valence-corrected chi connectivity index (χ4v) is 3.03. The monoisotopic (exact) mass is 331 g/mol. The van der Waals surface area contributed by atoms with E-state index in [4.69, 9.17) is 4.42 Å². The van der Waals surface area contributed by atoms with Gasteiger partial charge in [-0.15, -0.1) is 0 Å². The summed E-state index contributed by atoms with van der Waals surface area (Å²) in [5.41, 5.74) is 1.02. The number of nitrogens with one attached hydrogen (secondary N) is 1. The summed E-state index contributed by atoms with van der Waals surface area (Å²) in [4.78, 5) is 18.4. The molecule has 1 saturated heterocycles. The van der Waals surface area contributed by atoms with Gasteiger partial charge in [0, 0.05) is 12.5 Å². The maximum absolute atomic E-state index is 12.8. The van der Waals surface area contributed by atoms with Crippen molar-refractivity contribution in [2.75, 3.05) is 26.2 Å². The van der Waals surface area contributed by atoms with Gasteiger partial charge in [-0.3, -0.25) is 9.69 Å². The van der Waals surface area contributed by atoms with Crippen molar-refractivity contribution < 1.29 is 13.6 Å². The summed E-state index contributed by atoms with van der Waals surface area (Å²) >= 11 is 0. The zero-order chi connectivity index (χ0) is 16.8. The van der Waals surface area contributed by atoms with Gasteiger partial charge < -0.3 is 9.73 Å². The highest BCUT2D eigenvalue weighted by Crippen LogP contribution is 2.26. The van der Waals surface area contributed by atoms with E-state index in [1.807, 2.05) is 0 Å². The van der Waals surface area contributed by atoms with Crippen molar-refractivity contribution in [3.63, 3.8) is 0 Å². The molecular weight excluding hydrogens is 309 g/mol. The zero-order valence-corrected chi connectivity index (χ0v) is 13.6. The number of hydrogen-bond donors (Lipinski definition) is 1. The number of rotatable bonds is 6. The number of carbonyl (C=O) groups is 1. The van der Waals surface area contributed by atoms with Gasteiger partial charge in [0.2, 0.25) is 5.91 Å². The summed E-state index contributed by atoms with van der Waals surface area (Å²) in [6, 6.07) is 6.37. The minimum atomic E-state index is -0.240. The van der Waals surface area contributed by atoms with E-state index in [9.17, 15) is 9.18 Å². The van der Waals surface area contributed by atoms with Gasteiger partial charge in [-0.2, -0.15) is 0 Å². The first-order valence-electron chi connectivity index (χ1n) is 8.33. The van der Waals surface area contributed by atoms with E-state index in [2.05, 4.69) is 15.2 Å². The van der Waals surface area contributed by atoms with Crippen LogP contribution in [0.15, 0.2) is 41.1 Å². The number of benzene rings is 1. The van der Waals surface area contributed by atoms with Gasteiger partial charge in [-0.1, -0.05) is 12.1 Å². The van der Waals surface area contributed by atoms with Crippen molar-refractivity contribution in [3.8, 4) is 0 Å². The molecule has 0 atom stereocenters. The Bertz CT molecular complexity index is 635. The molecule has 0 bridgehead atoms. The summed E-state index contributed by atoms with van der Waals surface area (Å²) in [5, 5.41) is 2.93. The number of aromatic nitrogens is 1. The third kappa shape index (κ3) is 4.64. The summed E-state index contributed by atoms with van der Waals surface area (Å²) in [6.45, 7) is 2.73. The first-order valence-corrected chi connectivity index (χ1v) is 8.33. The Hall–Kier alpha value is -2.21. The molecule has 6 heteroatoms. The van der Waals surface area contributed by atoms with Crippen LogP contribution < -0.4 is 5.32 Å². The van der Waals surface area contributed by atoms with Crippen LogP contribution in [0.1, 0.15) is 30.2 Å². The smallest absolute Gasteiger partial charge is 0.234 e. The number of halogens is 1. The van der Waals surface area contributed by atoms with Crippen LogP contribution in [0.5, 0.6) is 0 Å². The van der Waals surface area contributed by atoms with E-state index < -0.39 is 0 Å². The standard InChI is InChI=1S/C18H22FN3O2/c19-16-3-1-14(2-4-16)5-8-20-17(23)13-22-10-6-15(7-11-22)18-21-9-12-24-18/h1-4,9,12,15H,5-8,10-11,13H2,(H,20,23). The molecule has 1 aromatic heterocycles. The van der Waals surface area contributed by atoms with Crippen molar-refractivity contribution in [2.24, 2.45) is 0 Å². The largest absolute Gasteiger partial charge is 0.449 e. The molecule has 1 aromatic carbocycles. The van der Waals surface area contributed by atoms with E-state index in [1.165, 1.54) is 12.1 Å². The Balaban J connectivity index is 1.34. The molecule has 3 rings (SSSR count). The summed E-state index contributed by atoms with van der Waals surface area (Å²) in [5.74, 6) is 0.957. The maximum atomic E-state index is 12.8. The molecule has 1 N–H and O–H groups in total. The van der Waals surface area contributed by atoms with Gasteiger partial charge in [0.25, 0.3) is 0 Å². The molecule has 1 fully saturated rings. The molecule has 1 amide bonds.